The van der Waals surface area contributed by atoms with Gasteiger partial charge in [-0.3, -0.25) is 4.79 Å². The number of carbonyl (C=O) groups excluding carboxylic acids is 2. The summed E-state index contributed by atoms with van der Waals surface area (Å²) >= 11 is 0. The van der Waals surface area contributed by atoms with Gasteiger partial charge in [-0.25, -0.2) is 4.79 Å². The van der Waals surface area contributed by atoms with Crippen LogP contribution in [0.3, 0.4) is 0 Å². The molecule has 0 heterocycles. The molecule has 0 fully saturated rings. The lowest BCUT2D eigenvalue weighted by Gasteiger charge is -2.05. The van der Waals surface area contributed by atoms with Gasteiger partial charge >= 0.3 is 5.97 Å². The van der Waals surface area contributed by atoms with Crippen LogP contribution in [0, 0.1) is 0 Å². The Kier molecular flexibility index (Phi) is 5.87. The molecule has 0 spiro atoms. The summed E-state index contributed by atoms with van der Waals surface area (Å²) in [7, 11) is 0. The molecule has 2 aromatic rings. The molecule has 3 heteroatoms. The Bertz CT molecular complexity index is 697. The second kappa shape index (κ2) is 8.08. The third-order valence-corrected chi connectivity index (χ3v) is 3.49. The summed E-state index contributed by atoms with van der Waals surface area (Å²) in [6.07, 6.45) is 1.85. The number of allylic oxidation sites excluding steroid dienone is 1. The van der Waals surface area contributed by atoms with Crippen LogP contribution in [0.4, 0.5) is 0 Å². The Hall–Kier alpha value is -2.68. The van der Waals surface area contributed by atoms with E-state index >= 15 is 0 Å². The van der Waals surface area contributed by atoms with Gasteiger partial charge in [-0.05, 0) is 30.5 Å². The summed E-state index contributed by atoms with van der Waals surface area (Å²) in [4.78, 5) is 23.7. The van der Waals surface area contributed by atoms with E-state index in [0.717, 1.165) is 16.7 Å². The van der Waals surface area contributed by atoms with E-state index in [9.17, 15) is 9.59 Å². The van der Waals surface area contributed by atoms with E-state index in [0.29, 0.717) is 18.6 Å². The van der Waals surface area contributed by atoms with Crippen molar-refractivity contribution < 1.29 is 14.3 Å². The van der Waals surface area contributed by atoms with Gasteiger partial charge in [-0.1, -0.05) is 54.6 Å². The smallest absolute Gasteiger partial charge is 0.331 e. The highest BCUT2D eigenvalue weighted by Gasteiger charge is 2.08. The van der Waals surface area contributed by atoms with Crippen LogP contribution in [0.2, 0.25) is 0 Å². The fourth-order valence-electron chi connectivity index (χ4n) is 2.25. The first-order valence-electron chi connectivity index (χ1n) is 7.62. The summed E-state index contributed by atoms with van der Waals surface area (Å²) in [6.45, 7) is 3.97. The van der Waals surface area contributed by atoms with E-state index in [1.54, 1.807) is 19.1 Å². The molecule has 0 aliphatic carbocycles. The van der Waals surface area contributed by atoms with Crippen LogP contribution in [0.5, 0.6) is 0 Å². The van der Waals surface area contributed by atoms with E-state index in [1.165, 1.54) is 6.08 Å². The molecule has 0 amide bonds. The largest absolute Gasteiger partial charge is 0.463 e. The number of esters is 1. The molecule has 0 aliphatic heterocycles. The van der Waals surface area contributed by atoms with Crippen molar-refractivity contribution in [1.82, 2.24) is 0 Å². The van der Waals surface area contributed by atoms with Gasteiger partial charge in [0.1, 0.15) is 0 Å². The van der Waals surface area contributed by atoms with Crippen molar-refractivity contribution >= 4 is 17.3 Å². The molecule has 0 radical (unpaired) electrons. The molecule has 0 bridgehead atoms. The molecule has 0 unspecified atom stereocenters. The molecular weight excluding hydrogens is 288 g/mol. The molecule has 2 rings (SSSR count). The Morgan fingerprint density at radius 1 is 0.957 bits per heavy atom. The lowest BCUT2D eigenvalue weighted by atomic mass is 10.00. The molecule has 118 valence electrons. The lowest BCUT2D eigenvalue weighted by molar-refractivity contribution is -0.137. The van der Waals surface area contributed by atoms with E-state index in [2.05, 4.69) is 0 Å². The fourth-order valence-corrected chi connectivity index (χ4v) is 2.25. The number of Topliss-reactive ketones (excluding diaryl/α,β-unsaturated/α-hetero) is 1. The number of benzene rings is 2. The van der Waals surface area contributed by atoms with Gasteiger partial charge in [-0.15, -0.1) is 0 Å². The van der Waals surface area contributed by atoms with Crippen LogP contribution in [-0.4, -0.2) is 18.4 Å². The molecule has 23 heavy (non-hydrogen) atoms. The summed E-state index contributed by atoms with van der Waals surface area (Å²) in [5.41, 5.74) is 3.38. The fraction of sp³-hybridized carbons (Fsp3) is 0.200. The van der Waals surface area contributed by atoms with Crippen LogP contribution in [0.25, 0.3) is 5.57 Å². The maximum atomic E-state index is 12.3. The van der Waals surface area contributed by atoms with Crippen molar-refractivity contribution in [3.63, 3.8) is 0 Å². The molecule has 0 aliphatic rings. The third kappa shape index (κ3) is 4.92. The van der Waals surface area contributed by atoms with Crippen LogP contribution in [0.1, 0.15) is 35.3 Å². The Morgan fingerprint density at radius 3 is 2.17 bits per heavy atom. The summed E-state index contributed by atoms with van der Waals surface area (Å²) < 4.78 is 4.89. The molecule has 0 N–H and O–H groups in total. The molecule has 3 nitrogen and oxygen atoms in total. The van der Waals surface area contributed by atoms with Crippen LogP contribution in [0.15, 0.2) is 60.7 Å². The molecule has 0 atom stereocenters. The van der Waals surface area contributed by atoms with E-state index in [1.807, 2.05) is 49.4 Å². The van der Waals surface area contributed by atoms with Gasteiger partial charge in [0.15, 0.2) is 5.78 Å². The monoisotopic (exact) mass is 308 g/mol. The van der Waals surface area contributed by atoms with Gasteiger partial charge in [0, 0.05) is 18.1 Å². The number of hydrogen-bond donors (Lipinski definition) is 0. The number of rotatable bonds is 6. The zero-order chi connectivity index (χ0) is 16.7. The standard InChI is InChI=1S/C20H20O3/c1-3-23-20(22)13-15(2)17-9-11-18(12-10-17)19(21)14-16-7-5-4-6-8-16/h4-13H,3,14H2,1-2H3/b15-13+. The summed E-state index contributed by atoms with van der Waals surface area (Å²) in [6, 6.07) is 17.0. The van der Waals surface area contributed by atoms with Crippen molar-refractivity contribution in [3.05, 3.63) is 77.4 Å². The Labute approximate surface area is 136 Å². The van der Waals surface area contributed by atoms with Crippen molar-refractivity contribution in [2.24, 2.45) is 0 Å². The number of hydrogen-bond acceptors (Lipinski definition) is 3. The van der Waals surface area contributed by atoms with Crippen molar-refractivity contribution in [2.45, 2.75) is 20.3 Å². The molecule has 0 saturated heterocycles. The number of ketones is 1. The number of carbonyl (C=O) groups is 2. The van der Waals surface area contributed by atoms with Gasteiger partial charge < -0.3 is 4.74 Å². The topological polar surface area (TPSA) is 43.4 Å². The van der Waals surface area contributed by atoms with Gasteiger partial charge in [-0.2, -0.15) is 0 Å². The highest BCUT2D eigenvalue weighted by atomic mass is 16.5. The minimum atomic E-state index is -0.353. The second-order valence-corrected chi connectivity index (χ2v) is 5.24. The zero-order valence-corrected chi connectivity index (χ0v) is 13.4. The molecule has 2 aromatic carbocycles. The zero-order valence-electron chi connectivity index (χ0n) is 13.4. The Morgan fingerprint density at radius 2 is 1.57 bits per heavy atom. The highest BCUT2D eigenvalue weighted by molar-refractivity contribution is 5.98. The quantitative estimate of drug-likeness (QED) is 0.459. The van der Waals surface area contributed by atoms with Crippen LogP contribution in [-0.2, 0) is 16.0 Å². The maximum absolute atomic E-state index is 12.3. The Balaban J connectivity index is 2.07. The first kappa shape index (κ1) is 16.7. The lowest BCUT2D eigenvalue weighted by Crippen LogP contribution is -2.03. The highest BCUT2D eigenvalue weighted by Crippen LogP contribution is 2.16. The van der Waals surface area contributed by atoms with Gasteiger partial charge in [0.25, 0.3) is 0 Å². The maximum Gasteiger partial charge on any atom is 0.331 e. The predicted molar refractivity (Wildman–Crippen MR) is 91.2 cm³/mol. The van der Waals surface area contributed by atoms with Crippen LogP contribution >= 0.6 is 0 Å². The van der Waals surface area contributed by atoms with Crippen LogP contribution < -0.4 is 0 Å². The minimum Gasteiger partial charge on any atom is -0.463 e. The SMILES string of the molecule is CCOC(=O)/C=C(\C)c1ccc(C(=O)Cc2ccccc2)cc1. The molecule has 0 saturated carbocycles. The summed E-state index contributed by atoms with van der Waals surface area (Å²) in [5.74, 6) is -0.274. The predicted octanol–water partition coefficient (Wildman–Crippen LogP) is 4.08. The summed E-state index contributed by atoms with van der Waals surface area (Å²) in [5, 5.41) is 0. The average molecular weight is 308 g/mol. The van der Waals surface area contributed by atoms with E-state index in [4.69, 9.17) is 4.74 Å². The average Bonchev–Trinajstić information content (AvgIpc) is 2.56. The second-order valence-electron chi connectivity index (χ2n) is 5.24. The van der Waals surface area contributed by atoms with Crippen molar-refractivity contribution in [2.75, 3.05) is 6.61 Å². The minimum absolute atomic E-state index is 0.0785. The first-order chi connectivity index (χ1) is 11.1. The normalized spacial score (nSPS) is 11.1. The van der Waals surface area contributed by atoms with E-state index in [-0.39, 0.29) is 11.8 Å². The van der Waals surface area contributed by atoms with E-state index < -0.39 is 0 Å². The third-order valence-electron chi connectivity index (χ3n) is 3.49. The first-order valence-corrected chi connectivity index (χ1v) is 7.62. The van der Waals surface area contributed by atoms with Crippen molar-refractivity contribution in [1.29, 1.82) is 0 Å². The molecular formula is C20H20O3. The van der Waals surface area contributed by atoms with Gasteiger partial charge in [0.05, 0.1) is 6.61 Å². The number of ether oxygens (including phenoxy) is 1. The molecule has 0 aromatic heterocycles. The van der Waals surface area contributed by atoms with Gasteiger partial charge in [0.2, 0.25) is 0 Å². The van der Waals surface area contributed by atoms with Crippen molar-refractivity contribution in [3.8, 4) is 0 Å².